The summed E-state index contributed by atoms with van der Waals surface area (Å²) >= 11 is 0. The molecule has 116 valence electrons. The van der Waals surface area contributed by atoms with Gasteiger partial charge in [0.25, 0.3) is 5.91 Å². The standard InChI is InChI=1S/C17H15N3O3/c1-23-15-9-5-3-7-12(15)17(22)20-13-8-4-2-6-11(13)16(19-20)14(21)10-18/h2-9H,10,18H2,1H3. The number of nitrogens with zero attached hydrogens (tertiary/aromatic N) is 2. The van der Waals surface area contributed by atoms with Crippen molar-refractivity contribution in [3.8, 4) is 5.75 Å². The van der Waals surface area contributed by atoms with Crippen LogP contribution >= 0.6 is 0 Å². The van der Waals surface area contributed by atoms with E-state index in [1.807, 2.05) is 0 Å². The smallest absolute Gasteiger partial charge is 0.282 e. The second-order valence-corrected chi connectivity index (χ2v) is 4.91. The Morgan fingerprint density at radius 1 is 1.13 bits per heavy atom. The van der Waals surface area contributed by atoms with Gasteiger partial charge in [-0.05, 0) is 18.2 Å². The second-order valence-electron chi connectivity index (χ2n) is 4.91. The van der Waals surface area contributed by atoms with Crippen LogP contribution in [0.15, 0.2) is 48.5 Å². The number of nitrogens with two attached hydrogens (primary N) is 1. The molecular formula is C17H15N3O3. The first kappa shape index (κ1) is 14.9. The molecule has 0 radical (unpaired) electrons. The van der Waals surface area contributed by atoms with Gasteiger partial charge in [-0.1, -0.05) is 30.3 Å². The molecule has 0 aliphatic heterocycles. The summed E-state index contributed by atoms with van der Waals surface area (Å²) in [6.07, 6.45) is 0. The zero-order valence-electron chi connectivity index (χ0n) is 12.5. The average Bonchev–Trinajstić information content (AvgIpc) is 3.00. The van der Waals surface area contributed by atoms with Crippen molar-refractivity contribution in [2.45, 2.75) is 0 Å². The van der Waals surface area contributed by atoms with Crippen molar-refractivity contribution >= 4 is 22.6 Å². The topological polar surface area (TPSA) is 87.2 Å². The summed E-state index contributed by atoms with van der Waals surface area (Å²) in [6.45, 7) is -0.163. The molecule has 0 fully saturated rings. The minimum absolute atomic E-state index is 0.163. The molecule has 3 aromatic rings. The summed E-state index contributed by atoms with van der Waals surface area (Å²) in [5.74, 6) is -0.230. The van der Waals surface area contributed by atoms with Crippen molar-refractivity contribution in [3.05, 3.63) is 59.8 Å². The zero-order chi connectivity index (χ0) is 16.4. The van der Waals surface area contributed by atoms with Crippen LogP contribution in [0.2, 0.25) is 0 Å². The highest BCUT2D eigenvalue weighted by Crippen LogP contribution is 2.23. The summed E-state index contributed by atoms with van der Waals surface area (Å²) in [7, 11) is 1.50. The van der Waals surface area contributed by atoms with Crippen LogP contribution in [-0.2, 0) is 0 Å². The molecule has 0 aliphatic carbocycles. The summed E-state index contributed by atoms with van der Waals surface area (Å²) in [6, 6.07) is 13.9. The molecular weight excluding hydrogens is 294 g/mol. The normalized spacial score (nSPS) is 10.7. The Balaban J connectivity index is 2.20. The van der Waals surface area contributed by atoms with Crippen LogP contribution in [0.5, 0.6) is 5.75 Å². The Hall–Kier alpha value is -2.99. The quantitative estimate of drug-likeness (QED) is 0.743. The predicted octanol–water partition coefficient (Wildman–Crippen LogP) is 1.87. The lowest BCUT2D eigenvalue weighted by Crippen LogP contribution is -2.18. The lowest BCUT2D eigenvalue weighted by atomic mass is 10.1. The van der Waals surface area contributed by atoms with E-state index >= 15 is 0 Å². The highest BCUT2D eigenvalue weighted by Gasteiger charge is 2.21. The number of hydrogen-bond donors (Lipinski definition) is 1. The Morgan fingerprint density at radius 2 is 1.83 bits per heavy atom. The SMILES string of the molecule is COc1ccccc1C(=O)n1nc(C(=O)CN)c2ccccc21. The monoisotopic (exact) mass is 309 g/mol. The van der Waals surface area contributed by atoms with Crippen LogP contribution in [0, 0.1) is 0 Å². The van der Waals surface area contributed by atoms with E-state index in [1.54, 1.807) is 48.5 Å². The van der Waals surface area contributed by atoms with Gasteiger partial charge in [0.1, 0.15) is 11.4 Å². The van der Waals surface area contributed by atoms with Crippen LogP contribution in [0.4, 0.5) is 0 Å². The first-order valence-corrected chi connectivity index (χ1v) is 7.06. The van der Waals surface area contributed by atoms with Crippen molar-refractivity contribution in [2.75, 3.05) is 13.7 Å². The zero-order valence-corrected chi connectivity index (χ0v) is 12.5. The van der Waals surface area contributed by atoms with Gasteiger partial charge in [0, 0.05) is 5.39 Å². The Labute approximate surface area is 132 Å². The van der Waals surface area contributed by atoms with E-state index < -0.39 is 0 Å². The van der Waals surface area contributed by atoms with Crippen LogP contribution < -0.4 is 10.5 Å². The Bertz CT molecular complexity index is 899. The van der Waals surface area contributed by atoms with Gasteiger partial charge in [-0.3, -0.25) is 9.59 Å². The number of Topliss-reactive ketones (excluding diaryl/α,β-unsaturated/α-hetero) is 1. The second kappa shape index (κ2) is 6.02. The maximum Gasteiger partial charge on any atom is 0.282 e. The molecule has 0 bridgehead atoms. The Morgan fingerprint density at radius 3 is 2.57 bits per heavy atom. The molecule has 0 atom stereocenters. The summed E-state index contributed by atoms with van der Waals surface area (Å²) in [5.41, 5.74) is 6.56. The van der Waals surface area contributed by atoms with Crippen LogP contribution in [-0.4, -0.2) is 35.1 Å². The van der Waals surface area contributed by atoms with Gasteiger partial charge in [0.2, 0.25) is 0 Å². The number of benzene rings is 2. The molecule has 0 spiro atoms. The lowest BCUT2D eigenvalue weighted by molar-refractivity contribution is 0.0945. The molecule has 0 saturated carbocycles. The van der Waals surface area contributed by atoms with Gasteiger partial charge in [-0.25, -0.2) is 0 Å². The number of aromatic nitrogens is 2. The fourth-order valence-corrected chi connectivity index (χ4v) is 2.46. The summed E-state index contributed by atoms with van der Waals surface area (Å²) in [5, 5.41) is 4.80. The number of ketones is 1. The van der Waals surface area contributed by atoms with Gasteiger partial charge in [-0.15, -0.1) is 0 Å². The molecule has 0 aliphatic rings. The number of carbonyl (C=O) groups is 2. The molecule has 3 rings (SSSR count). The molecule has 2 aromatic carbocycles. The average molecular weight is 309 g/mol. The van der Waals surface area contributed by atoms with Crippen LogP contribution in [0.25, 0.3) is 10.9 Å². The number of para-hydroxylation sites is 2. The fraction of sp³-hybridized carbons (Fsp3) is 0.118. The van der Waals surface area contributed by atoms with Gasteiger partial charge in [-0.2, -0.15) is 9.78 Å². The number of ether oxygens (including phenoxy) is 1. The molecule has 6 nitrogen and oxygen atoms in total. The third-order valence-corrected chi connectivity index (χ3v) is 3.57. The minimum Gasteiger partial charge on any atom is -0.496 e. The van der Waals surface area contributed by atoms with E-state index in [1.165, 1.54) is 11.8 Å². The van der Waals surface area contributed by atoms with E-state index in [9.17, 15) is 9.59 Å². The van der Waals surface area contributed by atoms with Crippen LogP contribution in [0.1, 0.15) is 20.8 Å². The number of fused-ring (bicyclic) bond motifs is 1. The third-order valence-electron chi connectivity index (χ3n) is 3.57. The Kier molecular flexibility index (Phi) is 3.91. The van der Waals surface area contributed by atoms with Crippen molar-refractivity contribution in [2.24, 2.45) is 5.73 Å². The summed E-state index contributed by atoms with van der Waals surface area (Å²) in [4.78, 5) is 24.8. The highest BCUT2D eigenvalue weighted by molar-refractivity contribution is 6.10. The maximum absolute atomic E-state index is 12.8. The molecule has 0 saturated heterocycles. The van der Waals surface area contributed by atoms with Crippen LogP contribution in [0.3, 0.4) is 0 Å². The number of methoxy groups -OCH3 is 1. The molecule has 23 heavy (non-hydrogen) atoms. The third kappa shape index (κ3) is 2.49. The van der Waals surface area contributed by atoms with Crippen molar-refractivity contribution in [1.82, 2.24) is 9.78 Å². The van der Waals surface area contributed by atoms with Crippen molar-refractivity contribution < 1.29 is 14.3 Å². The molecule has 1 aromatic heterocycles. The maximum atomic E-state index is 12.8. The fourth-order valence-electron chi connectivity index (χ4n) is 2.46. The van der Waals surface area contributed by atoms with Crippen molar-refractivity contribution in [3.63, 3.8) is 0 Å². The number of carbonyl (C=O) groups excluding carboxylic acids is 2. The highest BCUT2D eigenvalue weighted by atomic mass is 16.5. The first-order chi connectivity index (χ1) is 11.2. The molecule has 6 heteroatoms. The lowest BCUT2D eigenvalue weighted by Gasteiger charge is -2.07. The molecule has 2 N–H and O–H groups in total. The van der Waals surface area contributed by atoms with Gasteiger partial charge < -0.3 is 10.5 Å². The van der Waals surface area contributed by atoms with E-state index in [-0.39, 0.29) is 23.9 Å². The summed E-state index contributed by atoms with van der Waals surface area (Å²) < 4.78 is 6.44. The molecule has 0 unspecified atom stereocenters. The van der Waals surface area contributed by atoms with Gasteiger partial charge >= 0.3 is 0 Å². The largest absolute Gasteiger partial charge is 0.496 e. The van der Waals surface area contributed by atoms with E-state index in [0.29, 0.717) is 22.2 Å². The first-order valence-electron chi connectivity index (χ1n) is 7.06. The van der Waals surface area contributed by atoms with Gasteiger partial charge in [0.05, 0.1) is 24.7 Å². The van der Waals surface area contributed by atoms with E-state index in [2.05, 4.69) is 5.10 Å². The number of hydrogen-bond acceptors (Lipinski definition) is 5. The molecule has 1 heterocycles. The van der Waals surface area contributed by atoms with E-state index in [0.717, 1.165) is 0 Å². The van der Waals surface area contributed by atoms with Crippen molar-refractivity contribution in [1.29, 1.82) is 0 Å². The number of rotatable bonds is 4. The predicted molar refractivity (Wildman–Crippen MR) is 85.8 cm³/mol. The van der Waals surface area contributed by atoms with E-state index in [4.69, 9.17) is 10.5 Å². The molecule has 0 amide bonds. The minimum atomic E-state index is -0.366. The van der Waals surface area contributed by atoms with Gasteiger partial charge in [0.15, 0.2) is 5.78 Å².